The molecule has 1 saturated heterocycles. The van der Waals surface area contributed by atoms with Crippen molar-refractivity contribution >= 4 is 17.7 Å². The molecule has 0 aliphatic carbocycles. The summed E-state index contributed by atoms with van der Waals surface area (Å²) in [5, 5.41) is 6.26. The Bertz CT molecular complexity index is 182. The van der Waals surface area contributed by atoms with E-state index in [1.165, 1.54) is 0 Å². The number of nitrogens with one attached hydrogen (secondary N) is 2. The summed E-state index contributed by atoms with van der Waals surface area (Å²) in [6, 6.07) is 0. The molecule has 1 rings (SSSR count). The summed E-state index contributed by atoms with van der Waals surface area (Å²) in [4.78, 5) is 13.7. The molecule has 1 fully saturated rings. The van der Waals surface area contributed by atoms with Crippen molar-refractivity contribution in [3.8, 4) is 0 Å². The largest absolute Gasteiger partial charge is 0.354 e. The Morgan fingerprint density at radius 2 is 2.33 bits per heavy atom. The highest BCUT2D eigenvalue weighted by molar-refractivity contribution is 7.98. The smallest absolute Gasteiger partial charge is 0.234 e. The average Bonchev–Trinajstić information content (AvgIpc) is 2.47. The normalized spacial score (nSPS) is 18.5. The first-order valence-corrected chi connectivity index (χ1v) is 6.91. The van der Waals surface area contributed by atoms with E-state index in [1.54, 1.807) is 11.8 Å². The third-order valence-electron chi connectivity index (χ3n) is 2.43. The molecule has 2 N–H and O–H groups in total. The second-order valence-corrected chi connectivity index (χ2v) is 4.71. The third-order valence-corrected chi connectivity index (χ3v) is 3.04. The number of rotatable bonds is 5. The van der Waals surface area contributed by atoms with Crippen LogP contribution in [0.25, 0.3) is 0 Å². The van der Waals surface area contributed by atoms with Gasteiger partial charge in [0.15, 0.2) is 0 Å². The van der Waals surface area contributed by atoms with Crippen LogP contribution < -0.4 is 10.6 Å². The van der Waals surface area contributed by atoms with Crippen molar-refractivity contribution in [1.82, 2.24) is 15.5 Å². The quantitative estimate of drug-likeness (QED) is 0.641. The van der Waals surface area contributed by atoms with Crippen LogP contribution in [-0.2, 0) is 4.79 Å². The maximum atomic E-state index is 11.5. The van der Waals surface area contributed by atoms with Crippen LogP contribution in [0.5, 0.6) is 0 Å². The van der Waals surface area contributed by atoms with Crippen molar-refractivity contribution in [3.05, 3.63) is 0 Å². The minimum atomic E-state index is 0.158. The molecule has 88 valence electrons. The van der Waals surface area contributed by atoms with E-state index in [1.807, 2.05) is 6.26 Å². The van der Waals surface area contributed by atoms with Gasteiger partial charge in [0, 0.05) is 25.4 Å². The Morgan fingerprint density at radius 3 is 3.13 bits per heavy atom. The maximum Gasteiger partial charge on any atom is 0.234 e. The Balaban J connectivity index is 2.12. The molecule has 0 bridgehead atoms. The molecule has 15 heavy (non-hydrogen) atoms. The van der Waals surface area contributed by atoms with E-state index in [0.717, 1.165) is 44.9 Å². The second kappa shape index (κ2) is 7.96. The van der Waals surface area contributed by atoms with Crippen LogP contribution in [-0.4, -0.2) is 62.1 Å². The van der Waals surface area contributed by atoms with Gasteiger partial charge in [0.2, 0.25) is 5.91 Å². The lowest BCUT2D eigenvalue weighted by Gasteiger charge is -2.18. The number of hydrogen-bond donors (Lipinski definition) is 2. The molecule has 0 spiro atoms. The van der Waals surface area contributed by atoms with E-state index in [4.69, 9.17) is 0 Å². The molecule has 4 nitrogen and oxygen atoms in total. The van der Waals surface area contributed by atoms with Crippen molar-refractivity contribution in [1.29, 1.82) is 0 Å². The minimum absolute atomic E-state index is 0.158. The van der Waals surface area contributed by atoms with Crippen LogP contribution in [0.15, 0.2) is 0 Å². The number of thioether (sulfide) groups is 1. The van der Waals surface area contributed by atoms with E-state index in [-0.39, 0.29) is 5.91 Å². The highest BCUT2D eigenvalue weighted by atomic mass is 32.2. The number of carbonyl (C=O) groups excluding carboxylic acids is 1. The first kappa shape index (κ1) is 12.8. The second-order valence-electron chi connectivity index (χ2n) is 3.72. The zero-order chi connectivity index (χ0) is 10.9. The number of nitrogens with zero attached hydrogens (tertiary/aromatic N) is 1. The predicted octanol–water partition coefficient (Wildman–Crippen LogP) is -0.239. The summed E-state index contributed by atoms with van der Waals surface area (Å²) < 4.78 is 0. The van der Waals surface area contributed by atoms with Gasteiger partial charge >= 0.3 is 0 Å². The molecule has 1 aliphatic heterocycles. The molecule has 0 radical (unpaired) electrons. The van der Waals surface area contributed by atoms with Crippen molar-refractivity contribution < 1.29 is 4.79 Å². The van der Waals surface area contributed by atoms with E-state index < -0.39 is 0 Å². The van der Waals surface area contributed by atoms with Crippen molar-refractivity contribution in [2.24, 2.45) is 0 Å². The zero-order valence-corrected chi connectivity index (χ0v) is 10.2. The Morgan fingerprint density at radius 1 is 1.47 bits per heavy atom. The fraction of sp³-hybridized carbons (Fsp3) is 0.900. The highest BCUT2D eigenvalue weighted by Gasteiger charge is 2.11. The SMILES string of the molecule is CSCCNC(=O)CN1CCCNCC1. The van der Waals surface area contributed by atoms with Crippen LogP contribution in [0.2, 0.25) is 0 Å². The van der Waals surface area contributed by atoms with Gasteiger partial charge in [-0.15, -0.1) is 0 Å². The maximum absolute atomic E-state index is 11.5. The van der Waals surface area contributed by atoms with E-state index in [0.29, 0.717) is 6.54 Å². The Kier molecular flexibility index (Phi) is 6.80. The van der Waals surface area contributed by atoms with Crippen molar-refractivity contribution in [2.75, 3.05) is 51.3 Å². The van der Waals surface area contributed by atoms with E-state index in [9.17, 15) is 4.79 Å². The summed E-state index contributed by atoms with van der Waals surface area (Å²) >= 11 is 1.75. The van der Waals surface area contributed by atoms with Gasteiger partial charge in [0.25, 0.3) is 0 Å². The Labute approximate surface area is 96.2 Å². The van der Waals surface area contributed by atoms with Gasteiger partial charge < -0.3 is 10.6 Å². The van der Waals surface area contributed by atoms with Crippen LogP contribution in [0.4, 0.5) is 0 Å². The molecule has 0 saturated carbocycles. The molecule has 0 atom stereocenters. The van der Waals surface area contributed by atoms with Crippen molar-refractivity contribution in [2.45, 2.75) is 6.42 Å². The van der Waals surface area contributed by atoms with Crippen LogP contribution in [0.3, 0.4) is 0 Å². The van der Waals surface area contributed by atoms with Gasteiger partial charge in [-0.2, -0.15) is 11.8 Å². The highest BCUT2D eigenvalue weighted by Crippen LogP contribution is 1.94. The summed E-state index contributed by atoms with van der Waals surface area (Å²) in [5.41, 5.74) is 0. The van der Waals surface area contributed by atoms with Crippen molar-refractivity contribution in [3.63, 3.8) is 0 Å². The van der Waals surface area contributed by atoms with Gasteiger partial charge in [0.05, 0.1) is 6.54 Å². The van der Waals surface area contributed by atoms with Gasteiger partial charge in [-0.05, 0) is 25.8 Å². The van der Waals surface area contributed by atoms with E-state index in [2.05, 4.69) is 15.5 Å². The molecule has 1 heterocycles. The molecular weight excluding hydrogens is 210 g/mol. The topological polar surface area (TPSA) is 44.4 Å². The molecule has 0 unspecified atom stereocenters. The van der Waals surface area contributed by atoms with Gasteiger partial charge in [-0.3, -0.25) is 9.69 Å². The number of amides is 1. The summed E-state index contributed by atoms with van der Waals surface area (Å²) in [6.45, 7) is 5.42. The van der Waals surface area contributed by atoms with Crippen LogP contribution in [0.1, 0.15) is 6.42 Å². The number of carbonyl (C=O) groups is 1. The summed E-state index contributed by atoms with van der Waals surface area (Å²) in [7, 11) is 0. The zero-order valence-electron chi connectivity index (χ0n) is 9.42. The first-order chi connectivity index (χ1) is 7.33. The molecule has 0 aromatic rings. The number of hydrogen-bond acceptors (Lipinski definition) is 4. The monoisotopic (exact) mass is 231 g/mol. The van der Waals surface area contributed by atoms with Crippen LogP contribution >= 0.6 is 11.8 Å². The molecule has 0 aromatic carbocycles. The Hall–Kier alpha value is -0.260. The fourth-order valence-corrected chi connectivity index (χ4v) is 1.92. The summed E-state index contributed by atoms with van der Waals surface area (Å²) in [5.74, 6) is 1.15. The first-order valence-electron chi connectivity index (χ1n) is 5.51. The predicted molar refractivity (Wildman–Crippen MR) is 65.3 cm³/mol. The molecule has 1 amide bonds. The fourth-order valence-electron chi connectivity index (χ4n) is 1.61. The molecule has 5 heteroatoms. The minimum Gasteiger partial charge on any atom is -0.354 e. The third kappa shape index (κ3) is 6.02. The molecule has 0 aromatic heterocycles. The van der Waals surface area contributed by atoms with E-state index >= 15 is 0 Å². The molecular formula is C10H21N3OS. The lowest BCUT2D eigenvalue weighted by Crippen LogP contribution is -2.39. The lowest BCUT2D eigenvalue weighted by molar-refractivity contribution is -0.122. The van der Waals surface area contributed by atoms with Gasteiger partial charge in [-0.25, -0.2) is 0 Å². The van der Waals surface area contributed by atoms with Gasteiger partial charge in [0.1, 0.15) is 0 Å². The lowest BCUT2D eigenvalue weighted by atomic mass is 10.4. The van der Waals surface area contributed by atoms with Gasteiger partial charge in [-0.1, -0.05) is 0 Å². The molecule has 1 aliphatic rings. The standard InChI is InChI=1S/C10H21N3OS/c1-15-8-5-12-10(14)9-13-6-2-3-11-4-7-13/h11H,2-9H2,1H3,(H,12,14). The summed E-state index contributed by atoms with van der Waals surface area (Å²) in [6.07, 6.45) is 3.19. The van der Waals surface area contributed by atoms with Crippen LogP contribution in [0, 0.1) is 0 Å². The average molecular weight is 231 g/mol.